The largest absolute Gasteiger partial charge is 0.366 e. The maximum atomic E-state index is 12.5. The molecule has 1 fully saturated rings. The third kappa shape index (κ3) is 3.12. The Morgan fingerprint density at radius 1 is 1.30 bits per heavy atom. The van der Waals surface area contributed by atoms with Crippen molar-refractivity contribution in [3.63, 3.8) is 0 Å². The Morgan fingerprint density at radius 3 is 2.70 bits per heavy atom. The number of nitrogens with one attached hydrogen (secondary N) is 1. The van der Waals surface area contributed by atoms with Crippen LogP contribution >= 0.6 is 11.5 Å². The number of aromatic amines is 1. The van der Waals surface area contributed by atoms with Crippen molar-refractivity contribution in [1.29, 1.82) is 0 Å². The number of hydrogen-bond donors (Lipinski definition) is 1. The number of aromatic nitrogens is 3. The zero-order valence-corrected chi connectivity index (χ0v) is 14.0. The molecule has 0 radical (unpaired) electrons. The number of nitrogens with zero attached hydrogens (tertiary/aromatic N) is 4. The fourth-order valence-corrected chi connectivity index (χ4v) is 3.34. The number of aryl methyl sites for hydroxylation is 2. The first kappa shape index (κ1) is 15.7. The van der Waals surface area contributed by atoms with Gasteiger partial charge in [-0.15, -0.1) is 0 Å². The predicted molar refractivity (Wildman–Crippen MR) is 89.2 cm³/mol. The topological polar surface area (TPSA) is 82.2 Å². The highest BCUT2D eigenvalue weighted by atomic mass is 32.1. The SMILES string of the molecule is CCc1nsc(N2CCN(C(=O)c3c[nH]cc(C)c3=O)CC2)n1. The Balaban J connectivity index is 1.67. The molecule has 8 heteroatoms. The molecule has 1 N–H and O–H groups in total. The molecular weight excluding hydrogens is 314 g/mol. The number of carbonyl (C=O) groups is 1. The van der Waals surface area contributed by atoms with Gasteiger partial charge in [-0.05, 0) is 6.92 Å². The first-order chi connectivity index (χ1) is 11.1. The quantitative estimate of drug-likeness (QED) is 0.908. The summed E-state index contributed by atoms with van der Waals surface area (Å²) in [6.07, 6.45) is 3.92. The molecule has 1 aliphatic rings. The number of carbonyl (C=O) groups excluding carboxylic acids is 1. The molecule has 0 unspecified atom stereocenters. The molecule has 1 aliphatic heterocycles. The lowest BCUT2D eigenvalue weighted by Gasteiger charge is -2.34. The molecule has 0 atom stereocenters. The number of rotatable bonds is 3. The highest BCUT2D eigenvalue weighted by Gasteiger charge is 2.25. The summed E-state index contributed by atoms with van der Waals surface area (Å²) in [5.74, 6) is 0.649. The second kappa shape index (κ2) is 6.49. The van der Waals surface area contributed by atoms with E-state index in [1.54, 1.807) is 18.0 Å². The van der Waals surface area contributed by atoms with Crippen LogP contribution in [0.2, 0.25) is 0 Å². The molecule has 0 aliphatic carbocycles. The van der Waals surface area contributed by atoms with Gasteiger partial charge in [0.25, 0.3) is 5.91 Å². The zero-order valence-electron chi connectivity index (χ0n) is 13.2. The normalized spacial score (nSPS) is 15.0. The number of anilines is 1. The molecule has 3 heterocycles. The summed E-state index contributed by atoms with van der Waals surface area (Å²) in [6, 6.07) is 0. The Hall–Kier alpha value is -2.22. The van der Waals surface area contributed by atoms with Gasteiger partial charge >= 0.3 is 0 Å². The van der Waals surface area contributed by atoms with Crippen LogP contribution < -0.4 is 10.3 Å². The van der Waals surface area contributed by atoms with Crippen molar-refractivity contribution in [2.45, 2.75) is 20.3 Å². The predicted octanol–water partition coefficient (Wildman–Crippen LogP) is 1.06. The summed E-state index contributed by atoms with van der Waals surface area (Å²) in [6.45, 7) is 6.29. The molecule has 2 aromatic heterocycles. The van der Waals surface area contributed by atoms with Crippen molar-refractivity contribution in [2.75, 3.05) is 31.1 Å². The Morgan fingerprint density at radius 2 is 2.04 bits per heavy atom. The Labute approximate surface area is 138 Å². The second-order valence-corrected chi connectivity index (χ2v) is 6.24. The first-order valence-electron chi connectivity index (χ1n) is 7.64. The lowest BCUT2D eigenvalue weighted by molar-refractivity contribution is 0.0745. The van der Waals surface area contributed by atoms with E-state index in [0.29, 0.717) is 31.7 Å². The van der Waals surface area contributed by atoms with Gasteiger partial charge in [0.05, 0.1) is 0 Å². The lowest BCUT2D eigenvalue weighted by Crippen LogP contribution is -2.49. The maximum Gasteiger partial charge on any atom is 0.259 e. The minimum absolute atomic E-state index is 0.201. The zero-order chi connectivity index (χ0) is 16.4. The summed E-state index contributed by atoms with van der Waals surface area (Å²) in [4.78, 5) is 35.8. The second-order valence-electron chi connectivity index (χ2n) is 5.51. The van der Waals surface area contributed by atoms with Gasteiger partial charge in [0.1, 0.15) is 11.4 Å². The van der Waals surface area contributed by atoms with Crippen LogP contribution in [0.1, 0.15) is 28.7 Å². The smallest absolute Gasteiger partial charge is 0.259 e. The molecule has 0 spiro atoms. The number of hydrogen-bond acceptors (Lipinski definition) is 6. The highest BCUT2D eigenvalue weighted by molar-refractivity contribution is 7.09. The van der Waals surface area contributed by atoms with Crippen molar-refractivity contribution >= 4 is 22.6 Å². The van der Waals surface area contributed by atoms with Crippen LogP contribution in [0.15, 0.2) is 17.2 Å². The van der Waals surface area contributed by atoms with E-state index >= 15 is 0 Å². The molecule has 1 saturated heterocycles. The van der Waals surface area contributed by atoms with Gasteiger partial charge in [0.15, 0.2) is 5.43 Å². The summed E-state index contributed by atoms with van der Waals surface area (Å²) < 4.78 is 4.30. The van der Waals surface area contributed by atoms with Crippen LogP contribution in [-0.4, -0.2) is 51.3 Å². The van der Waals surface area contributed by atoms with Gasteiger partial charge < -0.3 is 14.8 Å². The van der Waals surface area contributed by atoms with E-state index in [0.717, 1.165) is 17.4 Å². The minimum atomic E-state index is -0.207. The van der Waals surface area contributed by atoms with E-state index in [-0.39, 0.29) is 16.9 Å². The third-order valence-electron chi connectivity index (χ3n) is 3.97. The van der Waals surface area contributed by atoms with Crippen LogP contribution in [-0.2, 0) is 6.42 Å². The molecule has 2 aromatic rings. The van der Waals surface area contributed by atoms with Crippen molar-refractivity contribution < 1.29 is 4.79 Å². The fourth-order valence-electron chi connectivity index (χ4n) is 2.54. The van der Waals surface area contributed by atoms with Crippen LogP contribution in [0.4, 0.5) is 5.13 Å². The van der Waals surface area contributed by atoms with E-state index in [4.69, 9.17) is 0 Å². The van der Waals surface area contributed by atoms with E-state index in [1.807, 2.05) is 6.92 Å². The standard InChI is InChI=1S/C15H19N5O2S/c1-3-12-17-15(23-18-12)20-6-4-19(5-7-20)14(22)11-9-16-8-10(2)13(11)21/h8-9H,3-7H2,1-2H3,(H,16,21). The van der Waals surface area contributed by atoms with Crippen molar-refractivity contribution in [3.05, 3.63) is 39.6 Å². The highest BCUT2D eigenvalue weighted by Crippen LogP contribution is 2.19. The van der Waals surface area contributed by atoms with Gasteiger partial charge in [-0.3, -0.25) is 9.59 Å². The number of piperazine rings is 1. The molecule has 1 amide bonds. The van der Waals surface area contributed by atoms with Gasteiger partial charge in [0, 0.05) is 62.1 Å². The van der Waals surface area contributed by atoms with Gasteiger partial charge in [0.2, 0.25) is 5.13 Å². The molecule has 0 bridgehead atoms. The summed E-state index contributed by atoms with van der Waals surface area (Å²) in [7, 11) is 0. The fraction of sp³-hybridized carbons (Fsp3) is 0.467. The third-order valence-corrected chi connectivity index (χ3v) is 4.79. The Kier molecular flexibility index (Phi) is 4.42. The van der Waals surface area contributed by atoms with E-state index in [2.05, 4.69) is 19.2 Å². The van der Waals surface area contributed by atoms with Crippen LogP contribution in [0.5, 0.6) is 0 Å². The molecule has 122 valence electrons. The van der Waals surface area contributed by atoms with Crippen LogP contribution in [0.3, 0.4) is 0 Å². The average molecular weight is 333 g/mol. The molecule has 23 heavy (non-hydrogen) atoms. The lowest BCUT2D eigenvalue weighted by atomic mass is 10.1. The van der Waals surface area contributed by atoms with Crippen molar-refractivity contribution in [3.8, 4) is 0 Å². The minimum Gasteiger partial charge on any atom is -0.366 e. The van der Waals surface area contributed by atoms with Gasteiger partial charge in [-0.25, -0.2) is 4.98 Å². The monoisotopic (exact) mass is 333 g/mol. The summed E-state index contributed by atoms with van der Waals surface area (Å²) in [5.41, 5.74) is 0.561. The summed E-state index contributed by atoms with van der Waals surface area (Å²) >= 11 is 1.40. The Bertz CT molecular complexity index is 761. The van der Waals surface area contributed by atoms with E-state index in [9.17, 15) is 9.59 Å². The number of H-pyrrole nitrogens is 1. The van der Waals surface area contributed by atoms with Gasteiger partial charge in [-0.2, -0.15) is 4.37 Å². The molecule has 0 aromatic carbocycles. The van der Waals surface area contributed by atoms with Crippen LogP contribution in [0.25, 0.3) is 0 Å². The van der Waals surface area contributed by atoms with E-state index in [1.165, 1.54) is 17.7 Å². The first-order valence-corrected chi connectivity index (χ1v) is 8.42. The summed E-state index contributed by atoms with van der Waals surface area (Å²) in [5, 5.41) is 0.905. The van der Waals surface area contributed by atoms with Gasteiger partial charge in [-0.1, -0.05) is 6.92 Å². The molecule has 0 saturated carbocycles. The molecular formula is C15H19N5O2S. The van der Waals surface area contributed by atoms with Crippen LogP contribution in [0, 0.1) is 6.92 Å². The number of amides is 1. The van der Waals surface area contributed by atoms with E-state index < -0.39 is 0 Å². The molecule has 7 nitrogen and oxygen atoms in total. The van der Waals surface area contributed by atoms with Crippen molar-refractivity contribution in [2.24, 2.45) is 0 Å². The molecule has 3 rings (SSSR count). The number of pyridine rings is 1. The van der Waals surface area contributed by atoms with Crippen molar-refractivity contribution in [1.82, 2.24) is 19.2 Å². The average Bonchev–Trinajstić information content (AvgIpc) is 3.06. The maximum absolute atomic E-state index is 12.5.